The van der Waals surface area contributed by atoms with Crippen LogP contribution >= 0.6 is 23.2 Å². The van der Waals surface area contributed by atoms with Crippen molar-refractivity contribution in [3.63, 3.8) is 0 Å². The SMILES string of the molecule is Cc1cc(C(=O)O)ccc1NCc1c(OCc2c(Cl)cccc2Cl)ccc2ccccc12. The van der Waals surface area contributed by atoms with Crippen molar-refractivity contribution in [2.75, 3.05) is 5.32 Å². The third-order valence-corrected chi connectivity index (χ3v) is 6.07. The van der Waals surface area contributed by atoms with Gasteiger partial charge >= 0.3 is 5.97 Å². The predicted molar refractivity (Wildman–Crippen MR) is 130 cm³/mol. The Kier molecular flexibility index (Phi) is 6.54. The predicted octanol–water partition coefficient (Wildman–Crippen LogP) is 7.34. The zero-order valence-corrected chi connectivity index (χ0v) is 18.9. The summed E-state index contributed by atoms with van der Waals surface area (Å²) in [5, 5.41) is 15.9. The summed E-state index contributed by atoms with van der Waals surface area (Å²) in [6.07, 6.45) is 0. The third-order valence-electron chi connectivity index (χ3n) is 5.36. The number of hydrogen-bond acceptors (Lipinski definition) is 3. The molecule has 2 N–H and O–H groups in total. The van der Waals surface area contributed by atoms with Crippen molar-refractivity contribution >= 4 is 45.6 Å². The number of aryl methyl sites for hydroxylation is 1. The highest BCUT2D eigenvalue weighted by Crippen LogP contribution is 2.32. The number of carboxylic acid groups (broad SMARTS) is 1. The Hall–Kier alpha value is -3.21. The summed E-state index contributed by atoms with van der Waals surface area (Å²) in [6.45, 7) is 2.63. The molecule has 6 heteroatoms. The molecule has 0 heterocycles. The lowest BCUT2D eigenvalue weighted by Crippen LogP contribution is -2.06. The Bertz CT molecular complexity index is 1280. The lowest BCUT2D eigenvalue weighted by Gasteiger charge is -2.17. The maximum absolute atomic E-state index is 11.2. The van der Waals surface area contributed by atoms with Crippen molar-refractivity contribution in [3.8, 4) is 5.75 Å². The van der Waals surface area contributed by atoms with Gasteiger partial charge in [0.25, 0.3) is 0 Å². The number of fused-ring (bicyclic) bond motifs is 1. The molecule has 0 bridgehead atoms. The van der Waals surface area contributed by atoms with E-state index in [1.165, 1.54) is 0 Å². The molecule has 0 radical (unpaired) electrons. The summed E-state index contributed by atoms with van der Waals surface area (Å²) in [7, 11) is 0. The van der Waals surface area contributed by atoms with E-state index >= 15 is 0 Å². The summed E-state index contributed by atoms with van der Waals surface area (Å²) in [5.74, 6) is -0.213. The average molecular weight is 466 g/mol. The van der Waals surface area contributed by atoms with Gasteiger partial charge in [-0.05, 0) is 59.7 Å². The molecule has 32 heavy (non-hydrogen) atoms. The van der Waals surface area contributed by atoms with Crippen LogP contribution in [0.2, 0.25) is 10.0 Å². The van der Waals surface area contributed by atoms with E-state index < -0.39 is 5.97 Å². The van der Waals surface area contributed by atoms with Crippen molar-refractivity contribution in [1.82, 2.24) is 0 Å². The number of benzene rings is 4. The molecular weight excluding hydrogens is 445 g/mol. The first kappa shape index (κ1) is 22.0. The summed E-state index contributed by atoms with van der Waals surface area (Å²) < 4.78 is 6.18. The number of carbonyl (C=O) groups is 1. The normalized spacial score (nSPS) is 10.8. The quantitative estimate of drug-likeness (QED) is 0.299. The second-order valence-corrected chi connectivity index (χ2v) is 8.26. The second-order valence-electron chi connectivity index (χ2n) is 7.44. The number of halogens is 2. The maximum atomic E-state index is 11.2. The van der Waals surface area contributed by atoms with E-state index in [2.05, 4.69) is 17.4 Å². The first-order valence-corrected chi connectivity index (χ1v) is 10.8. The van der Waals surface area contributed by atoms with Gasteiger partial charge in [-0.2, -0.15) is 0 Å². The number of aromatic carboxylic acids is 1. The molecule has 0 saturated heterocycles. The van der Waals surface area contributed by atoms with E-state index in [-0.39, 0.29) is 12.2 Å². The highest BCUT2D eigenvalue weighted by Gasteiger charge is 2.13. The molecule has 0 atom stereocenters. The van der Waals surface area contributed by atoms with Crippen LogP contribution in [0.1, 0.15) is 27.0 Å². The molecule has 0 saturated carbocycles. The Balaban J connectivity index is 1.64. The number of hydrogen-bond donors (Lipinski definition) is 2. The van der Waals surface area contributed by atoms with Crippen LogP contribution in [0.4, 0.5) is 5.69 Å². The van der Waals surface area contributed by atoms with E-state index in [0.717, 1.165) is 38.9 Å². The smallest absolute Gasteiger partial charge is 0.335 e. The minimum atomic E-state index is -0.942. The Morgan fingerprint density at radius 2 is 1.69 bits per heavy atom. The second kappa shape index (κ2) is 9.51. The van der Waals surface area contributed by atoms with Gasteiger partial charge in [-0.1, -0.05) is 59.6 Å². The highest BCUT2D eigenvalue weighted by molar-refractivity contribution is 6.35. The standard InChI is InChI=1S/C26H21Cl2NO3/c1-16-13-18(26(30)31)9-11-24(16)29-14-20-19-6-3-2-5-17(19)10-12-25(20)32-15-21-22(27)7-4-8-23(21)28/h2-13,29H,14-15H2,1H3,(H,30,31). The molecule has 0 aliphatic heterocycles. The van der Waals surface area contributed by atoms with Crippen LogP contribution in [-0.4, -0.2) is 11.1 Å². The van der Waals surface area contributed by atoms with Crippen molar-refractivity contribution < 1.29 is 14.6 Å². The number of carboxylic acids is 1. The zero-order chi connectivity index (χ0) is 22.7. The van der Waals surface area contributed by atoms with Gasteiger partial charge in [-0.25, -0.2) is 4.79 Å². The first-order valence-electron chi connectivity index (χ1n) is 10.1. The van der Waals surface area contributed by atoms with E-state index in [4.69, 9.17) is 27.9 Å². The van der Waals surface area contributed by atoms with E-state index in [0.29, 0.717) is 16.6 Å². The van der Waals surface area contributed by atoms with Crippen molar-refractivity contribution in [2.45, 2.75) is 20.1 Å². The molecular formula is C26H21Cl2NO3. The first-order chi connectivity index (χ1) is 15.4. The number of nitrogens with one attached hydrogen (secondary N) is 1. The summed E-state index contributed by atoms with van der Waals surface area (Å²) in [4.78, 5) is 11.2. The van der Waals surface area contributed by atoms with Gasteiger partial charge in [-0.15, -0.1) is 0 Å². The number of rotatable bonds is 7. The zero-order valence-electron chi connectivity index (χ0n) is 17.4. The molecule has 4 rings (SSSR count). The fourth-order valence-corrected chi connectivity index (χ4v) is 4.14. The number of anilines is 1. The Morgan fingerprint density at radius 1 is 0.938 bits per heavy atom. The molecule has 0 aliphatic carbocycles. The van der Waals surface area contributed by atoms with Gasteiger partial charge in [0.15, 0.2) is 0 Å². The minimum Gasteiger partial charge on any atom is -0.488 e. The summed E-state index contributed by atoms with van der Waals surface area (Å²) in [6, 6.07) is 22.5. The van der Waals surface area contributed by atoms with E-state index in [1.54, 1.807) is 36.4 Å². The average Bonchev–Trinajstić information content (AvgIpc) is 2.78. The Labute approximate surface area is 196 Å². The fourth-order valence-electron chi connectivity index (χ4n) is 3.63. The van der Waals surface area contributed by atoms with Crippen LogP contribution in [0.15, 0.2) is 72.8 Å². The molecule has 0 spiro atoms. The monoisotopic (exact) mass is 465 g/mol. The molecule has 0 unspecified atom stereocenters. The largest absolute Gasteiger partial charge is 0.488 e. The van der Waals surface area contributed by atoms with Crippen molar-refractivity contribution in [3.05, 3.63) is 105 Å². The van der Waals surface area contributed by atoms with Crippen LogP contribution in [0.3, 0.4) is 0 Å². The van der Waals surface area contributed by atoms with Crippen LogP contribution in [0.25, 0.3) is 10.8 Å². The van der Waals surface area contributed by atoms with Crippen molar-refractivity contribution in [2.24, 2.45) is 0 Å². The van der Waals surface area contributed by atoms with Crippen LogP contribution in [0, 0.1) is 6.92 Å². The van der Waals surface area contributed by atoms with E-state index in [1.807, 2.05) is 31.2 Å². The van der Waals surface area contributed by atoms with Crippen LogP contribution in [-0.2, 0) is 13.2 Å². The van der Waals surface area contributed by atoms with Gasteiger partial charge in [0.05, 0.1) is 5.56 Å². The molecule has 0 aromatic heterocycles. The van der Waals surface area contributed by atoms with Gasteiger partial charge in [-0.3, -0.25) is 0 Å². The van der Waals surface area contributed by atoms with Crippen molar-refractivity contribution in [1.29, 1.82) is 0 Å². The molecule has 4 aromatic carbocycles. The fraction of sp³-hybridized carbons (Fsp3) is 0.115. The molecule has 0 aliphatic rings. The lowest BCUT2D eigenvalue weighted by molar-refractivity contribution is 0.0697. The molecule has 4 nitrogen and oxygen atoms in total. The minimum absolute atomic E-state index is 0.246. The molecule has 162 valence electrons. The lowest BCUT2D eigenvalue weighted by atomic mass is 10.0. The molecule has 0 fully saturated rings. The number of ether oxygens (including phenoxy) is 1. The summed E-state index contributed by atoms with van der Waals surface area (Å²) in [5.41, 5.74) is 3.72. The van der Waals surface area contributed by atoms with E-state index in [9.17, 15) is 9.90 Å². The van der Waals surface area contributed by atoms with Gasteiger partial charge in [0, 0.05) is 33.4 Å². The maximum Gasteiger partial charge on any atom is 0.335 e. The molecule has 0 amide bonds. The Morgan fingerprint density at radius 3 is 2.41 bits per heavy atom. The highest BCUT2D eigenvalue weighted by atomic mass is 35.5. The van der Waals surface area contributed by atoms with Gasteiger partial charge < -0.3 is 15.2 Å². The van der Waals surface area contributed by atoms with Gasteiger partial charge in [0.1, 0.15) is 12.4 Å². The van der Waals surface area contributed by atoms with Gasteiger partial charge in [0.2, 0.25) is 0 Å². The summed E-state index contributed by atoms with van der Waals surface area (Å²) >= 11 is 12.6. The topological polar surface area (TPSA) is 58.6 Å². The molecule has 4 aromatic rings. The van der Waals surface area contributed by atoms with Crippen LogP contribution < -0.4 is 10.1 Å². The van der Waals surface area contributed by atoms with Crippen LogP contribution in [0.5, 0.6) is 5.75 Å². The third kappa shape index (κ3) is 4.67.